The molecule has 0 saturated heterocycles. The van der Waals surface area contributed by atoms with Crippen molar-refractivity contribution in [3.63, 3.8) is 0 Å². The second-order valence-corrected chi connectivity index (χ2v) is 6.62. The van der Waals surface area contributed by atoms with Gasteiger partial charge in [0.15, 0.2) is 0 Å². The van der Waals surface area contributed by atoms with Crippen molar-refractivity contribution in [2.24, 2.45) is 0 Å². The van der Waals surface area contributed by atoms with Gasteiger partial charge in [-0.2, -0.15) is 0 Å². The Morgan fingerprint density at radius 1 is 1.35 bits per heavy atom. The Morgan fingerprint density at radius 3 is 2.83 bits per heavy atom. The number of anilines is 1. The van der Waals surface area contributed by atoms with Crippen molar-refractivity contribution in [1.82, 2.24) is 9.97 Å². The molecule has 0 fully saturated rings. The molecule has 0 saturated carbocycles. The predicted molar refractivity (Wildman–Crippen MR) is 92.1 cm³/mol. The number of aryl methyl sites for hydroxylation is 1. The number of aliphatic hydroxyl groups is 1. The van der Waals surface area contributed by atoms with Crippen molar-refractivity contribution in [2.45, 2.75) is 46.1 Å². The number of fused-ring (bicyclic) bond motifs is 1. The Balaban J connectivity index is 2.19. The highest BCUT2D eigenvalue weighted by Crippen LogP contribution is 2.33. The number of carbonyl (C=O) groups is 1. The maximum absolute atomic E-state index is 12.2. The van der Waals surface area contributed by atoms with Gasteiger partial charge >= 0.3 is 5.97 Å². The lowest BCUT2D eigenvalue weighted by Crippen LogP contribution is -2.11. The van der Waals surface area contributed by atoms with Crippen molar-refractivity contribution in [1.29, 1.82) is 0 Å². The van der Waals surface area contributed by atoms with Crippen LogP contribution in [0.3, 0.4) is 0 Å². The van der Waals surface area contributed by atoms with Crippen LogP contribution in [0.5, 0.6) is 0 Å². The highest BCUT2D eigenvalue weighted by atomic mass is 32.1. The summed E-state index contributed by atoms with van der Waals surface area (Å²) >= 11 is 1.34. The number of thiophene rings is 1. The number of carbonyl (C=O) groups excluding carboxylic acids is 1. The van der Waals surface area contributed by atoms with E-state index in [0.29, 0.717) is 4.88 Å². The molecule has 0 aliphatic rings. The van der Waals surface area contributed by atoms with Crippen LogP contribution < -0.4 is 5.32 Å². The molecule has 2 rings (SSSR count). The highest BCUT2D eigenvalue weighted by molar-refractivity contribution is 7.20. The Kier molecular flexibility index (Phi) is 6.29. The van der Waals surface area contributed by atoms with E-state index in [-0.39, 0.29) is 18.7 Å². The van der Waals surface area contributed by atoms with Crippen LogP contribution in [-0.2, 0) is 4.74 Å². The number of hydrogen-bond donors (Lipinski definition) is 2. The van der Waals surface area contributed by atoms with E-state index in [1.165, 1.54) is 17.7 Å². The maximum Gasteiger partial charge on any atom is 0.348 e. The minimum absolute atomic E-state index is 0.151. The summed E-state index contributed by atoms with van der Waals surface area (Å²) in [6.45, 7) is 6.56. The van der Waals surface area contributed by atoms with Crippen LogP contribution in [0.4, 0.5) is 5.82 Å². The van der Waals surface area contributed by atoms with Crippen LogP contribution in [0, 0.1) is 6.92 Å². The third kappa shape index (κ3) is 4.39. The average Bonchev–Trinajstić information content (AvgIpc) is 2.84. The predicted octanol–water partition coefficient (Wildman–Crippen LogP) is 3.14. The van der Waals surface area contributed by atoms with Crippen LogP contribution in [0.25, 0.3) is 10.2 Å². The van der Waals surface area contributed by atoms with Crippen LogP contribution in [0.2, 0.25) is 0 Å². The van der Waals surface area contributed by atoms with Crippen LogP contribution in [0.1, 0.15) is 48.3 Å². The first kappa shape index (κ1) is 17.6. The van der Waals surface area contributed by atoms with Crippen molar-refractivity contribution < 1.29 is 14.6 Å². The zero-order valence-corrected chi connectivity index (χ0v) is 14.6. The minimum Gasteiger partial charge on any atom is -0.459 e. The first-order chi connectivity index (χ1) is 11.0. The Labute approximate surface area is 139 Å². The van der Waals surface area contributed by atoms with Crippen LogP contribution in [-0.4, -0.2) is 40.3 Å². The number of hydrogen-bond acceptors (Lipinski definition) is 7. The minimum atomic E-state index is -0.311. The molecule has 0 atom stereocenters. The number of nitrogens with one attached hydrogen (secondary N) is 1. The normalized spacial score (nSPS) is 11.2. The van der Waals surface area contributed by atoms with Gasteiger partial charge in [-0.25, -0.2) is 14.8 Å². The molecule has 0 bridgehead atoms. The number of nitrogens with zero attached hydrogens (tertiary/aromatic N) is 2. The van der Waals surface area contributed by atoms with Gasteiger partial charge in [-0.1, -0.05) is 0 Å². The molecule has 0 radical (unpaired) electrons. The van der Waals surface area contributed by atoms with Crippen LogP contribution >= 0.6 is 11.3 Å². The van der Waals surface area contributed by atoms with Gasteiger partial charge in [0, 0.05) is 13.2 Å². The molecular formula is C16H23N3O3S. The number of aromatic nitrogens is 2. The second kappa shape index (κ2) is 8.21. The zero-order valence-electron chi connectivity index (χ0n) is 13.8. The fourth-order valence-corrected chi connectivity index (χ4v) is 3.32. The van der Waals surface area contributed by atoms with Gasteiger partial charge in [0.1, 0.15) is 21.9 Å². The number of rotatable bonds is 8. The SMILES string of the molecule is Cc1c(C(=O)OC(C)C)sc2ncnc(NCCCCCO)c12. The van der Waals surface area contributed by atoms with Gasteiger partial charge < -0.3 is 15.2 Å². The Hall–Kier alpha value is -1.73. The Morgan fingerprint density at radius 2 is 2.13 bits per heavy atom. The molecule has 0 aromatic carbocycles. The molecule has 2 heterocycles. The summed E-state index contributed by atoms with van der Waals surface area (Å²) in [5, 5.41) is 13.0. The average molecular weight is 337 g/mol. The molecule has 0 aliphatic carbocycles. The summed E-state index contributed by atoms with van der Waals surface area (Å²) in [5.41, 5.74) is 0.856. The molecule has 0 unspecified atom stereocenters. The summed E-state index contributed by atoms with van der Waals surface area (Å²) in [4.78, 5) is 22.1. The standard InChI is InChI=1S/C16H23N3O3S/c1-10(2)22-16(21)13-11(3)12-14(17-7-5-4-6-8-20)18-9-19-15(12)23-13/h9-10,20H,4-8H2,1-3H3,(H,17,18,19). The number of unbranched alkanes of at least 4 members (excludes halogenated alkanes) is 2. The largest absolute Gasteiger partial charge is 0.459 e. The summed E-state index contributed by atoms with van der Waals surface area (Å²) in [6.07, 6.45) is 4.08. The van der Waals surface area contributed by atoms with Crippen molar-refractivity contribution in [3.8, 4) is 0 Å². The number of esters is 1. The van der Waals surface area contributed by atoms with E-state index in [1.54, 1.807) is 0 Å². The monoisotopic (exact) mass is 337 g/mol. The molecule has 0 amide bonds. The summed E-state index contributed by atoms with van der Waals surface area (Å²) in [5.74, 6) is 0.436. The highest BCUT2D eigenvalue weighted by Gasteiger charge is 2.20. The van der Waals surface area contributed by atoms with Gasteiger partial charge in [0.05, 0.1) is 11.5 Å². The van der Waals surface area contributed by atoms with Crippen molar-refractivity contribution in [2.75, 3.05) is 18.5 Å². The second-order valence-electron chi connectivity index (χ2n) is 5.62. The van der Waals surface area contributed by atoms with Gasteiger partial charge in [-0.3, -0.25) is 0 Å². The fraction of sp³-hybridized carbons (Fsp3) is 0.562. The third-order valence-corrected chi connectivity index (χ3v) is 4.56. The van der Waals surface area contributed by atoms with Crippen molar-refractivity contribution >= 4 is 33.3 Å². The van der Waals surface area contributed by atoms with Gasteiger partial charge in [0.2, 0.25) is 0 Å². The molecule has 2 aromatic heterocycles. The van der Waals surface area contributed by atoms with E-state index in [4.69, 9.17) is 9.84 Å². The summed E-state index contributed by atoms with van der Waals surface area (Å²) < 4.78 is 5.29. The third-order valence-electron chi connectivity index (χ3n) is 3.38. The topological polar surface area (TPSA) is 84.3 Å². The van der Waals surface area contributed by atoms with E-state index in [2.05, 4.69) is 15.3 Å². The van der Waals surface area contributed by atoms with E-state index in [0.717, 1.165) is 47.4 Å². The number of ether oxygens (including phenoxy) is 1. The molecule has 6 nitrogen and oxygen atoms in total. The maximum atomic E-state index is 12.2. The Bertz CT molecular complexity index is 670. The van der Waals surface area contributed by atoms with E-state index < -0.39 is 0 Å². The van der Waals surface area contributed by atoms with E-state index in [9.17, 15) is 4.79 Å². The fourth-order valence-electron chi connectivity index (χ4n) is 2.29. The molecule has 7 heteroatoms. The lowest BCUT2D eigenvalue weighted by atomic mass is 10.2. The molecule has 0 spiro atoms. The zero-order chi connectivity index (χ0) is 16.8. The smallest absolute Gasteiger partial charge is 0.348 e. The molecule has 23 heavy (non-hydrogen) atoms. The molecule has 2 N–H and O–H groups in total. The first-order valence-electron chi connectivity index (χ1n) is 7.84. The van der Waals surface area contributed by atoms with E-state index in [1.807, 2.05) is 20.8 Å². The van der Waals surface area contributed by atoms with Crippen molar-refractivity contribution in [3.05, 3.63) is 16.8 Å². The van der Waals surface area contributed by atoms with Gasteiger partial charge in [-0.15, -0.1) is 11.3 Å². The lowest BCUT2D eigenvalue weighted by molar-refractivity contribution is 0.0383. The summed E-state index contributed by atoms with van der Waals surface area (Å²) in [7, 11) is 0. The quantitative estimate of drug-likeness (QED) is 0.569. The molecule has 0 aliphatic heterocycles. The lowest BCUT2D eigenvalue weighted by Gasteiger charge is -2.08. The first-order valence-corrected chi connectivity index (χ1v) is 8.66. The van der Waals surface area contributed by atoms with E-state index >= 15 is 0 Å². The van der Waals surface area contributed by atoms with Gasteiger partial charge in [-0.05, 0) is 45.6 Å². The molecular weight excluding hydrogens is 314 g/mol. The molecule has 2 aromatic rings. The summed E-state index contributed by atoms with van der Waals surface area (Å²) in [6, 6.07) is 0. The molecule has 126 valence electrons. The van der Waals surface area contributed by atoms with Gasteiger partial charge in [0.25, 0.3) is 0 Å². The van der Waals surface area contributed by atoms with Crippen LogP contribution in [0.15, 0.2) is 6.33 Å². The number of aliphatic hydroxyl groups excluding tert-OH is 1.